The van der Waals surface area contributed by atoms with Crippen LogP contribution in [-0.4, -0.2) is 29.2 Å². The molecule has 0 aliphatic rings. The molecule has 0 fully saturated rings. The summed E-state index contributed by atoms with van der Waals surface area (Å²) in [5, 5.41) is 0. The van der Waals surface area contributed by atoms with Crippen molar-refractivity contribution in [3.8, 4) is 11.5 Å². The number of hydrogen-bond acceptors (Lipinski definition) is 7. The summed E-state index contributed by atoms with van der Waals surface area (Å²) in [4.78, 5) is 35.8. The number of carbonyl (C=O) groups is 3. The number of benzene rings is 2. The summed E-state index contributed by atoms with van der Waals surface area (Å²) in [5.41, 5.74) is 0.722. The van der Waals surface area contributed by atoms with Gasteiger partial charge in [-0.2, -0.15) is 25.3 Å². The minimum atomic E-state index is -0.414. The highest BCUT2D eigenvalue weighted by atomic mass is 32.1. The van der Waals surface area contributed by atoms with Gasteiger partial charge in [-0.1, -0.05) is 24.3 Å². The zero-order chi connectivity index (χ0) is 18.9. The molecule has 2 aromatic carbocycles. The summed E-state index contributed by atoms with van der Waals surface area (Å²) in [7, 11) is 0. The van der Waals surface area contributed by atoms with Crippen LogP contribution in [0.15, 0.2) is 48.5 Å². The van der Waals surface area contributed by atoms with Crippen LogP contribution in [0.4, 0.5) is 0 Å². The van der Waals surface area contributed by atoms with Crippen LogP contribution < -0.4 is 9.47 Å². The number of esters is 2. The second-order valence-electron chi connectivity index (χ2n) is 5.28. The average molecular weight is 390 g/mol. The molecule has 136 valence electrons. The molecule has 0 amide bonds. The highest BCUT2D eigenvalue weighted by Crippen LogP contribution is 2.20. The topological polar surface area (TPSA) is 69.7 Å². The Kier molecular flexibility index (Phi) is 7.74. The molecule has 0 N–H and O–H groups in total. The highest BCUT2D eigenvalue weighted by molar-refractivity contribution is 7.80. The average Bonchev–Trinajstić information content (AvgIpc) is 2.62. The SMILES string of the molecule is O=C(CCS)Oc1cccc(C(=O)c2cccc(OC(=O)CCS)c2)c1. The molecule has 2 rings (SSSR count). The fourth-order valence-electron chi connectivity index (χ4n) is 2.12. The molecule has 0 bridgehead atoms. The molecular weight excluding hydrogens is 372 g/mol. The van der Waals surface area contributed by atoms with Gasteiger partial charge in [0, 0.05) is 22.6 Å². The van der Waals surface area contributed by atoms with E-state index in [1.165, 1.54) is 12.1 Å². The van der Waals surface area contributed by atoms with Crippen molar-refractivity contribution in [2.24, 2.45) is 0 Å². The molecule has 0 saturated carbocycles. The van der Waals surface area contributed by atoms with Gasteiger partial charge in [0.05, 0.1) is 12.8 Å². The van der Waals surface area contributed by atoms with Crippen LogP contribution >= 0.6 is 25.3 Å². The molecule has 0 aliphatic heterocycles. The van der Waals surface area contributed by atoms with Crippen molar-refractivity contribution in [3.05, 3.63) is 59.7 Å². The molecular formula is C19H18O5S2. The first kappa shape index (κ1) is 20.1. The summed E-state index contributed by atoms with van der Waals surface area (Å²) in [6.07, 6.45) is 0.363. The maximum absolute atomic E-state index is 12.7. The summed E-state index contributed by atoms with van der Waals surface area (Å²) < 4.78 is 10.3. The van der Waals surface area contributed by atoms with Gasteiger partial charge < -0.3 is 9.47 Å². The van der Waals surface area contributed by atoms with Crippen LogP contribution in [0.1, 0.15) is 28.8 Å². The summed E-state index contributed by atoms with van der Waals surface area (Å²) in [5.74, 6) is 0.249. The van der Waals surface area contributed by atoms with Gasteiger partial charge in [-0.25, -0.2) is 0 Å². The Balaban J connectivity index is 2.16. The molecule has 0 unspecified atom stereocenters. The predicted molar refractivity (Wildman–Crippen MR) is 105 cm³/mol. The van der Waals surface area contributed by atoms with Crippen molar-refractivity contribution < 1.29 is 23.9 Å². The first-order chi connectivity index (χ1) is 12.5. The summed E-state index contributed by atoms with van der Waals surface area (Å²) in [6.45, 7) is 0. The Labute approximate surface area is 162 Å². The Morgan fingerprint density at radius 3 is 1.54 bits per heavy atom. The van der Waals surface area contributed by atoms with Gasteiger partial charge in [0.25, 0.3) is 0 Å². The van der Waals surface area contributed by atoms with Gasteiger partial charge in [0.15, 0.2) is 5.78 Å². The molecule has 2 aromatic rings. The second kappa shape index (κ2) is 10.0. The minimum absolute atomic E-state index is 0.182. The lowest BCUT2D eigenvalue weighted by Gasteiger charge is -2.07. The van der Waals surface area contributed by atoms with Crippen LogP contribution in [0.2, 0.25) is 0 Å². The van der Waals surface area contributed by atoms with E-state index in [0.29, 0.717) is 34.1 Å². The number of carbonyl (C=O) groups excluding carboxylic acids is 3. The van der Waals surface area contributed by atoms with Crippen molar-refractivity contribution in [2.75, 3.05) is 11.5 Å². The number of ether oxygens (including phenoxy) is 2. The number of thiol groups is 2. The molecule has 0 aliphatic carbocycles. The van der Waals surface area contributed by atoms with E-state index in [2.05, 4.69) is 25.3 Å². The second-order valence-corrected chi connectivity index (χ2v) is 6.17. The highest BCUT2D eigenvalue weighted by Gasteiger charge is 2.13. The van der Waals surface area contributed by atoms with Gasteiger partial charge >= 0.3 is 11.9 Å². The molecule has 5 nitrogen and oxygen atoms in total. The Morgan fingerprint density at radius 1 is 0.731 bits per heavy atom. The van der Waals surface area contributed by atoms with Gasteiger partial charge in [-0.15, -0.1) is 0 Å². The Morgan fingerprint density at radius 2 is 1.15 bits per heavy atom. The van der Waals surface area contributed by atoms with Crippen LogP contribution in [0.25, 0.3) is 0 Å². The van der Waals surface area contributed by atoms with E-state index in [1.54, 1.807) is 36.4 Å². The monoisotopic (exact) mass is 390 g/mol. The van der Waals surface area contributed by atoms with Crippen molar-refractivity contribution in [3.63, 3.8) is 0 Å². The maximum Gasteiger partial charge on any atom is 0.312 e. The third-order valence-electron chi connectivity index (χ3n) is 3.29. The Hall–Kier alpha value is -2.25. The first-order valence-corrected chi connectivity index (χ1v) is 9.18. The first-order valence-electron chi connectivity index (χ1n) is 7.91. The van der Waals surface area contributed by atoms with E-state index < -0.39 is 11.9 Å². The van der Waals surface area contributed by atoms with E-state index in [0.717, 1.165) is 0 Å². The predicted octanol–water partition coefficient (Wildman–Crippen LogP) is 3.37. The van der Waals surface area contributed by atoms with Crippen LogP contribution in [0, 0.1) is 0 Å². The molecule has 0 heterocycles. The molecule has 0 spiro atoms. The van der Waals surface area contributed by atoms with Gasteiger partial charge in [-0.05, 0) is 24.3 Å². The molecule has 0 aromatic heterocycles. The zero-order valence-corrected chi connectivity index (χ0v) is 15.7. The molecule has 0 atom stereocenters. The van der Waals surface area contributed by atoms with E-state index in [-0.39, 0.29) is 18.6 Å². The largest absolute Gasteiger partial charge is 0.426 e. The fraction of sp³-hybridized carbons (Fsp3) is 0.211. The van der Waals surface area contributed by atoms with Gasteiger partial charge in [-0.3, -0.25) is 14.4 Å². The molecule has 7 heteroatoms. The maximum atomic E-state index is 12.7. The van der Waals surface area contributed by atoms with Crippen molar-refractivity contribution in [1.29, 1.82) is 0 Å². The summed E-state index contributed by atoms with van der Waals surface area (Å²) in [6, 6.07) is 12.7. The third kappa shape index (κ3) is 5.93. The van der Waals surface area contributed by atoms with E-state index in [9.17, 15) is 14.4 Å². The van der Waals surface area contributed by atoms with Gasteiger partial charge in [0.1, 0.15) is 11.5 Å². The Bertz CT molecular complexity index is 739. The quantitative estimate of drug-likeness (QED) is 0.313. The van der Waals surface area contributed by atoms with Crippen molar-refractivity contribution in [2.45, 2.75) is 12.8 Å². The van der Waals surface area contributed by atoms with Crippen LogP contribution in [0.3, 0.4) is 0 Å². The molecule has 0 radical (unpaired) electrons. The smallest absolute Gasteiger partial charge is 0.312 e. The lowest BCUT2D eigenvalue weighted by atomic mass is 10.0. The molecule has 26 heavy (non-hydrogen) atoms. The summed E-state index contributed by atoms with van der Waals surface area (Å²) >= 11 is 7.96. The minimum Gasteiger partial charge on any atom is -0.426 e. The lowest BCUT2D eigenvalue weighted by Crippen LogP contribution is -2.10. The normalized spacial score (nSPS) is 10.2. The van der Waals surface area contributed by atoms with Crippen molar-refractivity contribution >= 4 is 43.0 Å². The van der Waals surface area contributed by atoms with Crippen LogP contribution in [-0.2, 0) is 9.59 Å². The van der Waals surface area contributed by atoms with Crippen molar-refractivity contribution in [1.82, 2.24) is 0 Å². The number of rotatable bonds is 8. The lowest BCUT2D eigenvalue weighted by molar-refractivity contribution is -0.134. The fourth-order valence-corrected chi connectivity index (χ4v) is 2.48. The standard InChI is InChI=1S/C19H18O5S2/c20-17(7-9-25)23-15-5-1-3-13(11-15)19(22)14-4-2-6-16(12-14)24-18(21)8-10-26/h1-6,11-12,25-26H,7-10H2. The van der Waals surface area contributed by atoms with Crippen LogP contribution in [0.5, 0.6) is 11.5 Å². The van der Waals surface area contributed by atoms with E-state index >= 15 is 0 Å². The van der Waals surface area contributed by atoms with E-state index in [1.807, 2.05) is 0 Å². The number of hydrogen-bond donors (Lipinski definition) is 2. The zero-order valence-electron chi connectivity index (χ0n) is 13.9. The van der Waals surface area contributed by atoms with E-state index in [4.69, 9.17) is 9.47 Å². The third-order valence-corrected chi connectivity index (χ3v) is 3.73. The van der Waals surface area contributed by atoms with Gasteiger partial charge in [0.2, 0.25) is 0 Å². The molecule has 0 saturated heterocycles. The number of ketones is 1.